The predicted octanol–water partition coefficient (Wildman–Crippen LogP) is 5.78. The lowest BCUT2D eigenvalue weighted by Gasteiger charge is -2.32. The van der Waals surface area contributed by atoms with Crippen molar-refractivity contribution >= 4 is 48.5 Å². The number of unbranched alkanes of at least 4 members (excludes halogenated alkanes) is 1. The number of carbonyl (C=O) groups excluding carboxylic acids is 2. The second kappa shape index (κ2) is 14.6. The van der Waals surface area contributed by atoms with E-state index in [9.17, 15) is 18.0 Å². The lowest BCUT2D eigenvalue weighted by molar-refractivity contribution is -0.141. The standard InChI is InChI=1S/C33H36BrN3O4S/c1-3-4-19-35-33(39)31(21-25-11-6-5-7-12-25)37(23-26-13-10-16-29(34)20-26)32(38)24-36(2)42(40,41)30-18-17-27-14-8-9-15-28(27)22-30/h5-18,20,22,31H,3-4,19,21,23-24H2,1-2H3,(H,35,39). The summed E-state index contributed by atoms with van der Waals surface area (Å²) in [6.45, 7) is 2.26. The van der Waals surface area contributed by atoms with Gasteiger partial charge in [0.25, 0.3) is 0 Å². The molecule has 0 spiro atoms. The number of halogens is 1. The first kappa shape index (κ1) is 31.4. The highest BCUT2D eigenvalue weighted by molar-refractivity contribution is 9.10. The number of sulfonamides is 1. The summed E-state index contributed by atoms with van der Waals surface area (Å²) in [5.41, 5.74) is 1.72. The molecule has 0 radical (unpaired) electrons. The number of carbonyl (C=O) groups is 2. The molecular formula is C33H36BrN3O4S. The number of hydrogen-bond acceptors (Lipinski definition) is 4. The Hall–Kier alpha value is -3.53. The highest BCUT2D eigenvalue weighted by atomic mass is 79.9. The molecule has 0 aliphatic carbocycles. The fourth-order valence-corrected chi connectivity index (χ4v) is 6.37. The van der Waals surface area contributed by atoms with Crippen molar-refractivity contribution < 1.29 is 18.0 Å². The summed E-state index contributed by atoms with van der Waals surface area (Å²) in [6, 6.07) is 28.7. The molecule has 0 fully saturated rings. The molecule has 4 rings (SSSR count). The van der Waals surface area contributed by atoms with Gasteiger partial charge in [-0.05, 0) is 52.6 Å². The van der Waals surface area contributed by atoms with Crippen LogP contribution in [0.1, 0.15) is 30.9 Å². The summed E-state index contributed by atoms with van der Waals surface area (Å²) < 4.78 is 29.1. The Morgan fingerprint density at radius 3 is 2.26 bits per heavy atom. The summed E-state index contributed by atoms with van der Waals surface area (Å²) >= 11 is 3.49. The molecule has 9 heteroatoms. The first-order chi connectivity index (χ1) is 20.2. The molecule has 1 unspecified atom stereocenters. The van der Waals surface area contributed by atoms with Crippen molar-refractivity contribution in [1.82, 2.24) is 14.5 Å². The quantitative estimate of drug-likeness (QED) is 0.186. The van der Waals surface area contributed by atoms with Crippen molar-refractivity contribution in [2.75, 3.05) is 20.1 Å². The highest BCUT2D eigenvalue weighted by Gasteiger charge is 2.33. The maximum Gasteiger partial charge on any atom is 0.243 e. The van der Waals surface area contributed by atoms with Gasteiger partial charge in [0.15, 0.2) is 0 Å². The number of likely N-dealkylation sites (N-methyl/N-ethyl adjacent to an activating group) is 1. The number of nitrogens with zero attached hydrogens (tertiary/aromatic N) is 2. The topological polar surface area (TPSA) is 86.8 Å². The highest BCUT2D eigenvalue weighted by Crippen LogP contribution is 2.23. The lowest BCUT2D eigenvalue weighted by Crippen LogP contribution is -2.53. The van der Waals surface area contributed by atoms with Gasteiger partial charge in [0, 0.05) is 31.0 Å². The van der Waals surface area contributed by atoms with Crippen molar-refractivity contribution in [3.63, 3.8) is 0 Å². The molecule has 1 atom stereocenters. The number of nitrogens with one attached hydrogen (secondary N) is 1. The smallest absolute Gasteiger partial charge is 0.243 e. The van der Waals surface area contributed by atoms with Crippen molar-refractivity contribution in [2.45, 2.75) is 43.7 Å². The molecule has 220 valence electrons. The monoisotopic (exact) mass is 649 g/mol. The van der Waals surface area contributed by atoms with Gasteiger partial charge in [-0.2, -0.15) is 4.31 Å². The van der Waals surface area contributed by atoms with Crippen LogP contribution in [-0.4, -0.2) is 55.6 Å². The van der Waals surface area contributed by atoms with Crippen LogP contribution in [0.4, 0.5) is 0 Å². The second-order valence-corrected chi connectivity index (χ2v) is 13.2. The van der Waals surface area contributed by atoms with E-state index in [1.54, 1.807) is 18.2 Å². The van der Waals surface area contributed by atoms with Gasteiger partial charge in [0.1, 0.15) is 6.04 Å². The maximum atomic E-state index is 14.0. The minimum absolute atomic E-state index is 0.105. The number of fused-ring (bicyclic) bond motifs is 1. The molecule has 0 aliphatic rings. The molecule has 0 bridgehead atoms. The van der Waals surface area contributed by atoms with Crippen LogP contribution in [0.2, 0.25) is 0 Å². The molecule has 7 nitrogen and oxygen atoms in total. The molecule has 2 amide bonds. The summed E-state index contributed by atoms with van der Waals surface area (Å²) in [4.78, 5) is 29.2. The Bertz CT molecular complexity index is 1630. The Labute approximate surface area is 256 Å². The second-order valence-electron chi connectivity index (χ2n) is 10.3. The molecule has 42 heavy (non-hydrogen) atoms. The van der Waals surface area contributed by atoms with Crippen LogP contribution in [0.3, 0.4) is 0 Å². The fraction of sp³-hybridized carbons (Fsp3) is 0.273. The fourth-order valence-electron chi connectivity index (χ4n) is 4.77. The van der Waals surface area contributed by atoms with Crippen molar-refractivity contribution in [3.8, 4) is 0 Å². The first-order valence-electron chi connectivity index (χ1n) is 14.0. The van der Waals surface area contributed by atoms with Crippen molar-refractivity contribution in [3.05, 3.63) is 113 Å². The average molecular weight is 651 g/mol. The molecule has 4 aromatic carbocycles. The van der Waals surface area contributed by atoms with Crippen LogP contribution in [-0.2, 0) is 32.6 Å². The molecule has 0 saturated heterocycles. The minimum Gasteiger partial charge on any atom is -0.354 e. The Kier molecular flexibility index (Phi) is 10.9. The third-order valence-electron chi connectivity index (χ3n) is 7.13. The van der Waals surface area contributed by atoms with Crippen LogP contribution >= 0.6 is 15.9 Å². The zero-order chi connectivity index (χ0) is 30.1. The van der Waals surface area contributed by atoms with E-state index >= 15 is 0 Å². The molecule has 0 saturated carbocycles. The van der Waals surface area contributed by atoms with Crippen LogP contribution in [0.5, 0.6) is 0 Å². The zero-order valence-electron chi connectivity index (χ0n) is 23.9. The van der Waals surface area contributed by atoms with Gasteiger partial charge in [0.2, 0.25) is 21.8 Å². The van der Waals surface area contributed by atoms with Crippen LogP contribution in [0.25, 0.3) is 10.8 Å². The SMILES string of the molecule is CCCCNC(=O)C(Cc1ccccc1)N(Cc1cccc(Br)c1)C(=O)CN(C)S(=O)(=O)c1ccc2ccccc2c1. The van der Waals surface area contributed by atoms with Gasteiger partial charge in [-0.1, -0.05) is 102 Å². The average Bonchev–Trinajstić information content (AvgIpc) is 2.99. The van der Waals surface area contributed by atoms with E-state index in [1.807, 2.05) is 85.8 Å². The lowest BCUT2D eigenvalue weighted by atomic mass is 10.0. The van der Waals surface area contributed by atoms with Crippen molar-refractivity contribution in [2.24, 2.45) is 0 Å². The van der Waals surface area contributed by atoms with E-state index in [0.29, 0.717) is 13.0 Å². The van der Waals surface area contributed by atoms with Crippen LogP contribution in [0.15, 0.2) is 106 Å². The predicted molar refractivity (Wildman–Crippen MR) is 170 cm³/mol. The van der Waals surface area contributed by atoms with Gasteiger partial charge < -0.3 is 10.2 Å². The van der Waals surface area contributed by atoms with E-state index in [2.05, 4.69) is 21.2 Å². The molecule has 4 aromatic rings. The first-order valence-corrected chi connectivity index (χ1v) is 16.2. The van der Waals surface area contributed by atoms with Gasteiger partial charge in [-0.15, -0.1) is 0 Å². The molecular weight excluding hydrogens is 614 g/mol. The normalized spacial score (nSPS) is 12.3. The summed E-state index contributed by atoms with van der Waals surface area (Å²) in [6.07, 6.45) is 2.03. The number of hydrogen-bond donors (Lipinski definition) is 1. The third-order valence-corrected chi connectivity index (χ3v) is 9.42. The van der Waals surface area contributed by atoms with E-state index in [4.69, 9.17) is 0 Å². The summed E-state index contributed by atoms with van der Waals surface area (Å²) in [5.74, 6) is -0.732. The van der Waals surface area contributed by atoms with Crippen molar-refractivity contribution in [1.29, 1.82) is 0 Å². The zero-order valence-corrected chi connectivity index (χ0v) is 26.3. The van der Waals surface area contributed by atoms with E-state index in [-0.39, 0.29) is 17.3 Å². The molecule has 0 aliphatic heterocycles. The number of amides is 2. The maximum absolute atomic E-state index is 14.0. The van der Waals surface area contributed by atoms with E-state index in [0.717, 1.165) is 43.5 Å². The van der Waals surface area contributed by atoms with Gasteiger partial charge in [-0.25, -0.2) is 8.42 Å². The van der Waals surface area contributed by atoms with Crippen LogP contribution in [0, 0.1) is 0 Å². The van der Waals surface area contributed by atoms with Crippen LogP contribution < -0.4 is 5.32 Å². The Morgan fingerprint density at radius 1 is 0.857 bits per heavy atom. The Balaban J connectivity index is 1.66. The van der Waals surface area contributed by atoms with Gasteiger partial charge in [0.05, 0.1) is 11.4 Å². The number of benzene rings is 4. The molecule has 0 heterocycles. The largest absolute Gasteiger partial charge is 0.354 e. The van der Waals surface area contributed by atoms with E-state index in [1.165, 1.54) is 11.9 Å². The minimum atomic E-state index is -3.98. The molecule has 1 N–H and O–H groups in total. The summed E-state index contributed by atoms with van der Waals surface area (Å²) in [5, 5.41) is 4.71. The van der Waals surface area contributed by atoms with E-state index < -0.39 is 28.5 Å². The number of rotatable bonds is 13. The Morgan fingerprint density at radius 2 is 1.55 bits per heavy atom. The summed E-state index contributed by atoms with van der Waals surface area (Å²) in [7, 11) is -2.59. The van der Waals surface area contributed by atoms with Gasteiger partial charge >= 0.3 is 0 Å². The van der Waals surface area contributed by atoms with Gasteiger partial charge in [-0.3, -0.25) is 9.59 Å². The molecule has 0 aromatic heterocycles. The third kappa shape index (κ3) is 8.06.